The Morgan fingerprint density at radius 3 is 2.00 bits per heavy atom. The fourth-order valence-corrected chi connectivity index (χ4v) is 6.96. The average molecular weight is 671 g/mol. The number of benzene rings is 2. The number of halogens is 3. The van der Waals surface area contributed by atoms with Gasteiger partial charge in [0.2, 0.25) is 5.75 Å². The van der Waals surface area contributed by atoms with Crippen molar-refractivity contribution in [3.63, 3.8) is 0 Å². The monoisotopic (exact) mass is 670 g/mol. The van der Waals surface area contributed by atoms with E-state index in [2.05, 4.69) is 0 Å². The minimum Gasteiger partial charge on any atom is -0.490 e. The van der Waals surface area contributed by atoms with E-state index in [0.717, 1.165) is 6.07 Å². The third-order valence-corrected chi connectivity index (χ3v) is 8.87. The van der Waals surface area contributed by atoms with Crippen LogP contribution in [-0.4, -0.2) is 45.6 Å². The molecule has 48 heavy (non-hydrogen) atoms. The van der Waals surface area contributed by atoms with Crippen LogP contribution in [0.15, 0.2) is 58.9 Å². The second-order valence-corrected chi connectivity index (χ2v) is 14.0. The van der Waals surface area contributed by atoms with Crippen molar-refractivity contribution in [2.24, 2.45) is 10.8 Å². The normalized spacial score (nSPS) is 19.2. The number of hydrogen-bond donors (Lipinski definition) is 1. The molecule has 0 saturated carbocycles. The fraction of sp³-hybridized carbons (Fsp3) is 0.457. The lowest BCUT2D eigenvalue weighted by atomic mass is 9.63. The maximum atomic E-state index is 14.0. The Morgan fingerprint density at radius 1 is 0.938 bits per heavy atom. The van der Waals surface area contributed by atoms with Crippen LogP contribution in [0.1, 0.15) is 83.8 Å². The molecule has 0 aromatic heterocycles. The summed E-state index contributed by atoms with van der Waals surface area (Å²) in [6.07, 6.45) is -3.61. The summed E-state index contributed by atoms with van der Waals surface area (Å²) < 4.78 is 51.5. The minimum absolute atomic E-state index is 0.0158. The average Bonchev–Trinajstić information content (AvgIpc) is 2.95. The lowest BCUT2D eigenvalue weighted by Crippen LogP contribution is -2.45. The number of nitrogens with zero attached hydrogens (tertiary/aromatic N) is 2. The van der Waals surface area contributed by atoms with Crippen molar-refractivity contribution in [3.05, 3.63) is 80.2 Å². The van der Waals surface area contributed by atoms with Crippen molar-refractivity contribution in [1.29, 1.82) is 0 Å². The van der Waals surface area contributed by atoms with Gasteiger partial charge in [0.15, 0.2) is 23.1 Å². The number of carbonyl (C=O) groups excluding carboxylic acids is 2. The van der Waals surface area contributed by atoms with E-state index >= 15 is 0 Å². The van der Waals surface area contributed by atoms with Crippen molar-refractivity contribution in [1.82, 2.24) is 4.90 Å². The highest BCUT2D eigenvalue weighted by Crippen LogP contribution is 2.55. The largest absolute Gasteiger partial charge is 0.490 e. The molecule has 0 atom stereocenters. The highest BCUT2D eigenvalue weighted by Gasteiger charge is 2.49. The number of rotatable bonds is 9. The zero-order valence-electron chi connectivity index (χ0n) is 27.3. The molecule has 2 aromatic carbocycles. The number of carboxylic acids is 1. The lowest BCUT2D eigenvalue weighted by Gasteiger charge is -2.49. The minimum atomic E-state index is -4.80. The van der Waals surface area contributed by atoms with Crippen LogP contribution in [0.25, 0.3) is 0 Å². The number of nitro groups is 1. The number of carbonyl (C=O) groups is 3. The Balaban J connectivity index is 1.67. The second kappa shape index (κ2) is 12.4. The Bertz CT molecular complexity index is 1720. The van der Waals surface area contributed by atoms with Gasteiger partial charge in [0, 0.05) is 53.9 Å². The van der Waals surface area contributed by atoms with E-state index in [0.29, 0.717) is 53.1 Å². The van der Waals surface area contributed by atoms with Crippen LogP contribution >= 0.6 is 0 Å². The van der Waals surface area contributed by atoms with Gasteiger partial charge in [-0.05, 0) is 60.4 Å². The Morgan fingerprint density at radius 2 is 1.50 bits per heavy atom. The number of Topliss-reactive ketones (excluding diaryl/α,β-unsaturated/α-hetero) is 2. The van der Waals surface area contributed by atoms with E-state index in [1.54, 1.807) is 19.1 Å². The summed E-state index contributed by atoms with van der Waals surface area (Å²) in [5.41, 5.74) is -0.201. The molecule has 1 N–H and O–H groups in total. The maximum Gasteiger partial charge on any atom is 0.416 e. The third-order valence-electron chi connectivity index (χ3n) is 8.87. The number of hydrogen-bond acceptors (Lipinski definition) is 8. The van der Waals surface area contributed by atoms with Crippen LogP contribution in [0.2, 0.25) is 0 Å². The van der Waals surface area contributed by atoms with Crippen molar-refractivity contribution in [2.75, 3.05) is 13.2 Å². The van der Waals surface area contributed by atoms with Crippen LogP contribution in [0.5, 0.6) is 17.2 Å². The first kappa shape index (κ1) is 34.6. The van der Waals surface area contributed by atoms with E-state index in [-0.39, 0.29) is 55.5 Å². The molecule has 256 valence electrons. The second-order valence-electron chi connectivity index (χ2n) is 14.0. The van der Waals surface area contributed by atoms with Gasteiger partial charge in [-0.3, -0.25) is 24.5 Å². The molecule has 0 amide bonds. The molecular weight excluding hydrogens is 633 g/mol. The standard InChI is InChI=1S/C35H37F3N2O8/c1-6-47-28-13-19(7-9-27(28)48-26-10-8-20(35(36,37)38)14-21(26)40(45)46)30-31-22(15-33(2,3)17-24(31)41)39(12-11-29(43)44)23-16-34(4,5)18-25(42)32(23)30/h7-10,13-14,30H,6,11-12,15-18H2,1-5H3,(H,43,44). The molecule has 13 heteroatoms. The number of aliphatic carboxylic acids is 1. The van der Waals surface area contributed by atoms with Crippen LogP contribution < -0.4 is 9.47 Å². The van der Waals surface area contributed by atoms with Gasteiger partial charge in [0.1, 0.15) is 0 Å². The van der Waals surface area contributed by atoms with Gasteiger partial charge in [-0.15, -0.1) is 0 Å². The summed E-state index contributed by atoms with van der Waals surface area (Å²) in [6.45, 7) is 9.80. The number of ether oxygens (including phenoxy) is 2. The Kier molecular flexibility index (Phi) is 8.95. The zero-order chi connectivity index (χ0) is 35.3. The third kappa shape index (κ3) is 6.81. The predicted octanol–water partition coefficient (Wildman–Crippen LogP) is 7.96. The number of nitro benzene ring substituents is 1. The highest BCUT2D eigenvalue weighted by molar-refractivity contribution is 6.06. The van der Waals surface area contributed by atoms with E-state index in [1.165, 1.54) is 6.07 Å². The molecule has 1 heterocycles. The summed E-state index contributed by atoms with van der Waals surface area (Å²) in [5.74, 6) is -2.46. The molecule has 0 unspecified atom stereocenters. The van der Waals surface area contributed by atoms with Crippen LogP contribution in [-0.2, 0) is 20.6 Å². The molecule has 1 aliphatic heterocycles. The van der Waals surface area contributed by atoms with Gasteiger partial charge < -0.3 is 19.5 Å². The van der Waals surface area contributed by atoms with Crippen molar-refractivity contribution >= 4 is 23.2 Å². The summed E-state index contributed by atoms with van der Waals surface area (Å²) in [7, 11) is 0. The van der Waals surface area contributed by atoms with Crippen LogP contribution in [0.3, 0.4) is 0 Å². The summed E-state index contributed by atoms with van der Waals surface area (Å²) in [4.78, 5) is 52.3. The summed E-state index contributed by atoms with van der Waals surface area (Å²) in [6, 6.07) is 6.60. The Labute approximate surface area is 275 Å². The molecule has 0 bridgehead atoms. The first-order valence-corrected chi connectivity index (χ1v) is 15.6. The number of allylic oxidation sites excluding steroid dienone is 4. The van der Waals surface area contributed by atoms with Crippen molar-refractivity contribution in [2.45, 2.75) is 78.8 Å². The molecule has 0 saturated heterocycles. The quantitative estimate of drug-likeness (QED) is 0.208. The molecule has 3 aliphatic rings. The summed E-state index contributed by atoms with van der Waals surface area (Å²) >= 11 is 0. The molecule has 0 radical (unpaired) electrons. The van der Waals surface area contributed by atoms with Gasteiger partial charge in [-0.1, -0.05) is 33.8 Å². The van der Waals surface area contributed by atoms with Gasteiger partial charge >= 0.3 is 17.8 Å². The number of ketones is 2. The highest BCUT2D eigenvalue weighted by atomic mass is 19.4. The van der Waals surface area contributed by atoms with Gasteiger partial charge in [-0.2, -0.15) is 13.2 Å². The number of alkyl halides is 3. The fourth-order valence-electron chi connectivity index (χ4n) is 6.96. The molecule has 0 fully saturated rings. The van der Waals surface area contributed by atoms with Crippen molar-refractivity contribution in [3.8, 4) is 17.2 Å². The first-order valence-electron chi connectivity index (χ1n) is 15.6. The molecule has 2 aromatic rings. The first-order chi connectivity index (χ1) is 22.3. The topological polar surface area (TPSA) is 136 Å². The van der Waals surface area contributed by atoms with E-state index in [1.807, 2.05) is 32.6 Å². The molecule has 2 aliphatic carbocycles. The van der Waals surface area contributed by atoms with E-state index < -0.39 is 50.8 Å². The Hall–Kier alpha value is -4.68. The zero-order valence-corrected chi connectivity index (χ0v) is 27.3. The van der Waals surface area contributed by atoms with E-state index in [4.69, 9.17) is 9.47 Å². The van der Waals surface area contributed by atoms with Gasteiger partial charge in [0.25, 0.3) is 0 Å². The van der Waals surface area contributed by atoms with Gasteiger partial charge in [0.05, 0.1) is 23.5 Å². The number of carboxylic acid groups (broad SMARTS) is 1. The van der Waals surface area contributed by atoms with E-state index in [9.17, 15) is 42.8 Å². The molecule has 5 rings (SSSR count). The predicted molar refractivity (Wildman–Crippen MR) is 168 cm³/mol. The van der Waals surface area contributed by atoms with Crippen LogP contribution in [0, 0.1) is 20.9 Å². The smallest absolute Gasteiger partial charge is 0.416 e. The lowest BCUT2D eigenvalue weighted by molar-refractivity contribution is -0.385. The van der Waals surface area contributed by atoms with Crippen LogP contribution in [0.4, 0.5) is 18.9 Å². The van der Waals surface area contributed by atoms with Gasteiger partial charge in [-0.25, -0.2) is 0 Å². The SMILES string of the molecule is CCOc1cc(C2C3=C(CC(C)(C)CC3=O)N(CCC(=O)O)C3=C2C(=O)CC(C)(C)C3)ccc1Oc1ccc(C(F)(F)F)cc1[N+](=O)[O-]. The summed E-state index contributed by atoms with van der Waals surface area (Å²) in [5, 5.41) is 21.3. The maximum absolute atomic E-state index is 14.0. The van der Waals surface area contributed by atoms with Crippen molar-refractivity contribution < 1.29 is 47.1 Å². The molecule has 0 spiro atoms. The molecule has 10 nitrogen and oxygen atoms in total. The molecular formula is C35H37F3N2O8.